The van der Waals surface area contributed by atoms with Crippen LogP contribution in [0.1, 0.15) is 19.3 Å². The van der Waals surface area contributed by atoms with Crippen molar-refractivity contribution in [3.8, 4) is 0 Å². The summed E-state index contributed by atoms with van der Waals surface area (Å²) in [5, 5.41) is 0. The average Bonchev–Trinajstić information content (AvgIpc) is 2.76. The summed E-state index contributed by atoms with van der Waals surface area (Å²) < 4.78 is 19.0. The van der Waals surface area contributed by atoms with Crippen LogP contribution in [-0.4, -0.2) is 37.7 Å². The molecule has 0 spiro atoms. The van der Waals surface area contributed by atoms with E-state index in [0.717, 1.165) is 19.3 Å². The van der Waals surface area contributed by atoms with Gasteiger partial charge in [0.05, 0.1) is 0 Å². The van der Waals surface area contributed by atoms with Crippen LogP contribution in [0, 0.1) is 0 Å². The largest absolute Gasteiger partial charge is 0.508 e. The quantitative estimate of drug-likeness (QED) is 0.658. The maximum atomic E-state index is 10.6. The lowest BCUT2D eigenvalue weighted by atomic mass is 10.1. The van der Waals surface area contributed by atoms with Gasteiger partial charge in [0.1, 0.15) is 25.4 Å². The highest BCUT2D eigenvalue weighted by Crippen LogP contribution is 2.17. The number of hydrogen-bond acceptors (Lipinski definition) is 6. The van der Waals surface area contributed by atoms with E-state index in [1.165, 1.54) is 0 Å². The van der Waals surface area contributed by atoms with Gasteiger partial charge in [0, 0.05) is 0 Å². The molecule has 2 fully saturated rings. The van der Waals surface area contributed by atoms with Crippen LogP contribution in [0.15, 0.2) is 0 Å². The summed E-state index contributed by atoms with van der Waals surface area (Å²) >= 11 is 0. The van der Waals surface area contributed by atoms with Gasteiger partial charge in [-0.3, -0.25) is 0 Å². The second-order valence-corrected chi connectivity index (χ2v) is 3.53. The van der Waals surface area contributed by atoms with Gasteiger partial charge in [-0.2, -0.15) is 0 Å². The molecule has 0 bridgehead atoms. The van der Waals surface area contributed by atoms with Crippen molar-refractivity contribution in [1.29, 1.82) is 0 Å². The fraction of sp³-hybridized carbons (Fsp3) is 0.778. The predicted octanol–water partition coefficient (Wildman–Crippen LogP) is 1.23. The third-order valence-corrected chi connectivity index (χ3v) is 2.35. The molecule has 2 aliphatic heterocycles. The third-order valence-electron chi connectivity index (χ3n) is 2.35. The summed E-state index contributed by atoms with van der Waals surface area (Å²) in [6.45, 7) is 0.638. The van der Waals surface area contributed by atoms with E-state index in [2.05, 4.69) is 9.47 Å². The molecule has 0 amide bonds. The Morgan fingerprint density at radius 3 is 1.73 bits per heavy atom. The minimum atomic E-state index is -0.601. The van der Waals surface area contributed by atoms with Crippen LogP contribution in [0.2, 0.25) is 0 Å². The molecule has 6 heteroatoms. The first kappa shape index (κ1) is 10.1. The normalized spacial score (nSPS) is 29.3. The molecule has 2 aliphatic rings. The van der Waals surface area contributed by atoms with Crippen molar-refractivity contribution in [3.63, 3.8) is 0 Å². The van der Waals surface area contributed by atoms with Crippen molar-refractivity contribution in [1.82, 2.24) is 0 Å². The topological polar surface area (TPSA) is 71.1 Å². The maximum Gasteiger partial charge on any atom is 0.508 e. The van der Waals surface area contributed by atoms with Crippen LogP contribution in [0.4, 0.5) is 9.59 Å². The SMILES string of the molecule is O=C1OCC(CCCC2COC(=O)O2)O1. The Hall–Kier alpha value is -1.46. The first-order valence-corrected chi connectivity index (χ1v) is 4.91. The van der Waals surface area contributed by atoms with Crippen molar-refractivity contribution in [3.05, 3.63) is 0 Å². The Morgan fingerprint density at radius 2 is 1.40 bits per heavy atom. The lowest BCUT2D eigenvalue weighted by Gasteiger charge is -2.08. The van der Waals surface area contributed by atoms with Gasteiger partial charge >= 0.3 is 12.3 Å². The van der Waals surface area contributed by atoms with Crippen molar-refractivity contribution < 1.29 is 28.5 Å². The lowest BCUT2D eigenvalue weighted by molar-refractivity contribution is 0.109. The van der Waals surface area contributed by atoms with Gasteiger partial charge in [0.15, 0.2) is 0 Å². The van der Waals surface area contributed by atoms with Crippen LogP contribution in [0.25, 0.3) is 0 Å². The molecule has 0 radical (unpaired) electrons. The highest BCUT2D eigenvalue weighted by Gasteiger charge is 2.27. The molecular weight excluding hydrogens is 204 g/mol. The molecule has 0 N–H and O–H groups in total. The fourth-order valence-corrected chi connectivity index (χ4v) is 1.59. The van der Waals surface area contributed by atoms with Crippen molar-refractivity contribution in [2.75, 3.05) is 13.2 Å². The summed E-state index contributed by atoms with van der Waals surface area (Å²) in [5.74, 6) is 0. The smallest absolute Gasteiger partial charge is 0.430 e. The summed E-state index contributed by atoms with van der Waals surface area (Å²) in [6, 6.07) is 0. The van der Waals surface area contributed by atoms with Crippen LogP contribution in [0.5, 0.6) is 0 Å². The van der Waals surface area contributed by atoms with Crippen LogP contribution in [0.3, 0.4) is 0 Å². The minimum Gasteiger partial charge on any atom is -0.430 e. The Kier molecular flexibility index (Phi) is 2.94. The molecule has 2 rings (SSSR count). The molecule has 0 aromatic rings. The Bertz CT molecular complexity index is 237. The van der Waals surface area contributed by atoms with Gasteiger partial charge in [0.25, 0.3) is 0 Å². The molecule has 2 atom stereocenters. The maximum absolute atomic E-state index is 10.6. The standard InChI is InChI=1S/C9H12O6/c10-8-12-4-6(14-8)2-1-3-7-5-13-9(11)15-7/h6-7H,1-5H2. The van der Waals surface area contributed by atoms with E-state index >= 15 is 0 Å². The molecule has 15 heavy (non-hydrogen) atoms. The molecule has 0 aromatic carbocycles. The summed E-state index contributed by atoms with van der Waals surface area (Å²) in [4.78, 5) is 21.2. The van der Waals surface area contributed by atoms with Gasteiger partial charge in [-0.15, -0.1) is 0 Å². The Balaban J connectivity index is 1.59. The van der Waals surface area contributed by atoms with Crippen LogP contribution < -0.4 is 0 Å². The molecular formula is C9H12O6. The zero-order valence-electron chi connectivity index (χ0n) is 8.14. The molecule has 6 nitrogen and oxygen atoms in total. The van der Waals surface area contributed by atoms with E-state index in [9.17, 15) is 9.59 Å². The summed E-state index contributed by atoms with van der Waals surface area (Å²) in [7, 11) is 0. The first-order chi connectivity index (χ1) is 7.24. The van der Waals surface area contributed by atoms with E-state index < -0.39 is 12.3 Å². The predicted molar refractivity (Wildman–Crippen MR) is 46.3 cm³/mol. The average molecular weight is 216 g/mol. The Labute approximate surface area is 86.4 Å². The number of ether oxygens (including phenoxy) is 4. The van der Waals surface area contributed by atoms with Crippen LogP contribution in [-0.2, 0) is 18.9 Å². The van der Waals surface area contributed by atoms with Crippen molar-refractivity contribution >= 4 is 12.3 Å². The number of hydrogen-bond donors (Lipinski definition) is 0. The van der Waals surface area contributed by atoms with Gasteiger partial charge in [-0.25, -0.2) is 9.59 Å². The number of rotatable bonds is 4. The summed E-state index contributed by atoms with van der Waals surface area (Å²) in [5.41, 5.74) is 0. The Morgan fingerprint density at radius 1 is 0.933 bits per heavy atom. The van der Waals surface area contributed by atoms with Gasteiger partial charge < -0.3 is 18.9 Å². The van der Waals surface area contributed by atoms with E-state index in [-0.39, 0.29) is 12.2 Å². The minimum absolute atomic E-state index is 0.157. The molecule has 0 aliphatic carbocycles. The summed E-state index contributed by atoms with van der Waals surface area (Å²) in [6.07, 6.45) is 0.736. The molecule has 2 unspecified atom stereocenters. The zero-order chi connectivity index (χ0) is 10.7. The van der Waals surface area contributed by atoms with Gasteiger partial charge in [-0.1, -0.05) is 0 Å². The van der Waals surface area contributed by atoms with Gasteiger partial charge in [0.2, 0.25) is 0 Å². The van der Waals surface area contributed by atoms with E-state index in [1.807, 2.05) is 0 Å². The second-order valence-electron chi connectivity index (χ2n) is 3.53. The molecule has 2 saturated heterocycles. The monoisotopic (exact) mass is 216 g/mol. The fourth-order valence-electron chi connectivity index (χ4n) is 1.59. The van der Waals surface area contributed by atoms with E-state index in [0.29, 0.717) is 13.2 Å². The third kappa shape index (κ3) is 2.74. The highest BCUT2D eigenvalue weighted by molar-refractivity contribution is 5.62. The van der Waals surface area contributed by atoms with E-state index in [1.54, 1.807) is 0 Å². The molecule has 0 aromatic heterocycles. The lowest BCUT2D eigenvalue weighted by Crippen LogP contribution is -2.13. The number of cyclic esters (lactones) is 4. The molecule has 84 valence electrons. The molecule has 0 saturated carbocycles. The zero-order valence-corrected chi connectivity index (χ0v) is 8.14. The van der Waals surface area contributed by atoms with Crippen LogP contribution >= 0.6 is 0 Å². The van der Waals surface area contributed by atoms with E-state index in [4.69, 9.17) is 9.47 Å². The first-order valence-electron chi connectivity index (χ1n) is 4.91. The van der Waals surface area contributed by atoms with Crippen molar-refractivity contribution in [2.24, 2.45) is 0 Å². The van der Waals surface area contributed by atoms with Crippen molar-refractivity contribution in [2.45, 2.75) is 31.5 Å². The van der Waals surface area contributed by atoms with Gasteiger partial charge in [-0.05, 0) is 19.3 Å². The highest BCUT2D eigenvalue weighted by atomic mass is 16.8. The number of carbonyl (C=O) groups excluding carboxylic acids is 2. The second kappa shape index (κ2) is 4.37. The number of carbonyl (C=O) groups is 2. The molecule has 2 heterocycles.